The maximum Gasteiger partial charge on any atom is 0.306 e. The minimum absolute atomic E-state index is 0.122. The standard InChI is InChI=1S/C62H94O6/c1-4-7-10-13-16-19-22-25-27-29-31-33-34-37-40-43-46-49-52-55-61(64)67-58-59(57-66-60(63)54-51-48-45-42-39-36-24-21-18-15-12-9-6-3)68-62(65)56-53-50-47-44-41-38-35-32-30-28-26-23-20-17-14-11-8-5-2/h7,9-12,14-21,23-28,30,32,35-36,39,42,45,59H,4-6,8,13,22,29,31,33-34,37-38,40-41,43-44,46-58H2,1-3H3/b10-7+,12-9+,14-11+,18-15+,19-16+,20-17+,24-21+,26-23+,27-25+,30-28+,35-32+,39-36+,45-42+. The summed E-state index contributed by atoms with van der Waals surface area (Å²) in [6.45, 7) is 6.18. The summed E-state index contributed by atoms with van der Waals surface area (Å²) < 4.78 is 16.7. The highest BCUT2D eigenvalue weighted by molar-refractivity contribution is 5.71. The average molecular weight is 935 g/mol. The zero-order chi connectivity index (χ0) is 49.3. The molecular weight excluding hydrogens is 841 g/mol. The van der Waals surface area contributed by atoms with Crippen LogP contribution in [-0.2, 0) is 28.6 Å². The van der Waals surface area contributed by atoms with Gasteiger partial charge in [-0.05, 0) is 83.5 Å². The van der Waals surface area contributed by atoms with Crippen LogP contribution in [0.25, 0.3) is 0 Å². The summed E-state index contributed by atoms with van der Waals surface area (Å²) in [4.78, 5) is 38.0. The van der Waals surface area contributed by atoms with E-state index in [1.165, 1.54) is 44.9 Å². The molecule has 0 saturated carbocycles. The Kier molecular flexibility index (Phi) is 50.6. The van der Waals surface area contributed by atoms with Crippen molar-refractivity contribution in [2.24, 2.45) is 0 Å². The second-order valence-corrected chi connectivity index (χ2v) is 16.9. The Morgan fingerprint density at radius 2 is 0.662 bits per heavy atom. The fourth-order valence-corrected chi connectivity index (χ4v) is 6.57. The summed E-state index contributed by atoms with van der Waals surface area (Å²) in [7, 11) is 0. The molecule has 6 heteroatoms. The summed E-state index contributed by atoms with van der Waals surface area (Å²) in [5, 5.41) is 0. The number of hydrogen-bond donors (Lipinski definition) is 0. The molecule has 0 aromatic rings. The quantitative estimate of drug-likeness (QED) is 0.0199. The van der Waals surface area contributed by atoms with E-state index in [-0.39, 0.29) is 44.0 Å². The van der Waals surface area contributed by atoms with Crippen LogP contribution in [0.15, 0.2) is 158 Å². The Bertz CT molecular complexity index is 1590. The maximum absolute atomic E-state index is 12.8. The van der Waals surface area contributed by atoms with Crippen molar-refractivity contribution in [1.29, 1.82) is 0 Å². The van der Waals surface area contributed by atoms with Crippen LogP contribution < -0.4 is 0 Å². The largest absolute Gasteiger partial charge is 0.462 e. The summed E-state index contributed by atoms with van der Waals surface area (Å²) >= 11 is 0. The molecule has 0 aromatic carbocycles. The third-order valence-corrected chi connectivity index (χ3v) is 10.5. The minimum Gasteiger partial charge on any atom is -0.462 e. The van der Waals surface area contributed by atoms with Gasteiger partial charge in [0.1, 0.15) is 13.2 Å². The van der Waals surface area contributed by atoms with E-state index in [2.05, 4.69) is 87.6 Å². The van der Waals surface area contributed by atoms with Crippen LogP contribution in [0.5, 0.6) is 0 Å². The number of hydrogen-bond acceptors (Lipinski definition) is 6. The molecule has 0 aromatic heterocycles. The van der Waals surface area contributed by atoms with Crippen molar-refractivity contribution < 1.29 is 28.6 Å². The first-order chi connectivity index (χ1) is 33.5. The zero-order valence-corrected chi connectivity index (χ0v) is 43.0. The number of rotatable bonds is 45. The molecule has 0 heterocycles. The van der Waals surface area contributed by atoms with Crippen molar-refractivity contribution >= 4 is 17.9 Å². The van der Waals surface area contributed by atoms with E-state index >= 15 is 0 Å². The van der Waals surface area contributed by atoms with E-state index in [0.29, 0.717) is 12.8 Å². The van der Waals surface area contributed by atoms with Gasteiger partial charge in [-0.15, -0.1) is 0 Å². The van der Waals surface area contributed by atoms with Gasteiger partial charge in [-0.2, -0.15) is 0 Å². The monoisotopic (exact) mass is 935 g/mol. The van der Waals surface area contributed by atoms with Crippen LogP contribution in [-0.4, -0.2) is 37.2 Å². The molecule has 0 rings (SSSR count). The van der Waals surface area contributed by atoms with Crippen LogP contribution in [0.3, 0.4) is 0 Å². The first-order valence-corrected chi connectivity index (χ1v) is 26.6. The molecule has 0 saturated heterocycles. The van der Waals surface area contributed by atoms with Crippen LogP contribution >= 0.6 is 0 Å². The smallest absolute Gasteiger partial charge is 0.306 e. The van der Waals surface area contributed by atoms with Crippen LogP contribution in [0.1, 0.15) is 194 Å². The van der Waals surface area contributed by atoms with Gasteiger partial charge in [-0.3, -0.25) is 14.4 Å². The van der Waals surface area contributed by atoms with Gasteiger partial charge >= 0.3 is 17.9 Å². The Hall–Kier alpha value is -4.97. The molecule has 0 bridgehead atoms. The second-order valence-electron chi connectivity index (χ2n) is 16.9. The molecule has 0 amide bonds. The maximum atomic E-state index is 12.8. The van der Waals surface area contributed by atoms with Gasteiger partial charge in [0.25, 0.3) is 0 Å². The molecule has 6 nitrogen and oxygen atoms in total. The predicted octanol–water partition coefficient (Wildman–Crippen LogP) is 17.8. The highest BCUT2D eigenvalue weighted by Gasteiger charge is 2.19. The predicted molar refractivity (Wildman–Crippen MR) is 292 cm³/mol. The molecule has 0 N–H and O–H groups in total. The van der Waals surface area contributed by atoms with Crippen molar-refractivity contribution in [2.45, 2.75) is 200 Å². The number of carbonyl (C=O) groups excluding carboxylic acids is 3. The molecule has 0 aliphatic heterocycles. The van der Waals surface area contributed by atoms with E-state index in [0.717, 1.165) is 103 Å². The van der Waals surface area contributed by atoms with Gasteiger partial charge in [-0.1, -0.05) is 249 Å². The Balaban J connectivity index is 4.55. The van der Waals surface area contributed by atoms with Gasteiger partial charge in [0.05, 0.1) is 0 Å². The lowest BCUT2D eigenvalue weighted by atomic mass is 10.1. The van der Waals surface area contributed by atoms with Gasteiger partial charge < -0.3 is 14.2 Å². The topological polar surface area (TPSA) is 78.9 Å². The lowest BCUT2D eigenvalue weighted by molar-refractivity contribution is -0.167. The zero-order valence-electron chi connectivity index (χ0n) is 43.0. The van der Waals surface area contributed by atoms with E-state index in [1.807, 2.05) is 91.1 Å². The molecule has 0 fully saturated rings. The van der Waals surface area contributed by atoms with Crippen LogP contribution in [0.4, 0.5) is 0 Å². The molecule has 378 valence electrons. The molecular formula is C62H94O6. The van der Waals surface area contributed by atoms with Crippen molar-refractivity contribution in [3.63, 3.8) is 0 Å². The highest BCUT2D eigenvalue weighted by Crippen LogP contribution is 2.13. The second kappa shape index (κ2) is 54.6. The fraction of sp³-hybridized carbons (Fsp3) is 0.532. The fourth-order valence-electron chi connectivity index (χ4n) is 6.57. The highest BCUT2D eigenvalue weighted by atomic mass is 16.6. The number of ether oxygens (including phenoxy) is 3. The summed E-state index contributed by atoms with van der Waals surface area (Å²) in [6, 6.07) is 0. The van der Waals surface area contributed by atoms with Gasteiger partial charge in [0.2, 0.25) is 0 Å². The molecule has 1 unspecified atom stereocenters. The van der Waals surface area contributed by atoms with Gasteiger partial charge in [0, 0.05) is 19.3 Å². The average Bonchev–Trinajstić information content (AvgIpc) is 3.34. The molecule has 0 aliphatic carbocycles. The minimum atomic E-state index is -0.831. The SMILES string of the molecule is CC/C=C/C=C/C=C/C=C/C=C/CCCC(=O)OCC(COC(=O)CCCCCCCCCCC/C=C/C/C=C/C/C=C/CC)OC(=O)CCCCCCC/C=C/C=C/C=C/C=C/C=C/CCC. The summed E-state index contributed by atoms with van der Waals surface area (Å²) in [6.07, 6.45) is 79.4. The van der Waals surface area contributed by atoms with Crippen molar-refractivity contribution in [2.75, 3.05) is 13.2 Å². The number of allylic oxidation sites excluding steroid dienone is 26. The Morgan fingerprint density at radius 1 is 0.324 bits per heavy atom. The van der Waals surface area contributed by atoms with Gasteiger partial charge in [-0.25, -0.2) is 0 Å². The van der Waals surface area contributed by atoms with Crippen molar-refractivity contribution in [1.82, 2.24) is 0 Å². The number of carbonyl (C=O) groups is 3. The van der Waals surface area contributed by atoms with E-state index in [4.69, 9.17) is 14.2 Å². The van der Waals surface area contributed by atoms with Crippen molar-refractivity contribution in [3.8, 4) is 0 Å². The van der Waals surface area contributed by atoms with Gasteiger partial charge in [0.15, 0.2) is 6.10 Å². The first-order valence-electron chi connectivity index (χ1n) is 26.6. The Morgan fingerprint density at radius 3 is 1.13 bits per heavy atom. The third-order valence-electron chi connectivity index (χ3n) is 10.5. The molecule has 1 atom stereocenters. The third kappa shape index (κ3) is 52.0. The van der Waals surface area contributed by atoms with E-state index in [9.17, 15) is 14.4 Å². The normalized spacial score (nSPS) is 13.4. The van der Waals surface area contributed by atoms with E-state index < -0.39 is 6.10 Å². The lowest BCUT2D eigenvalue weighted by Crippen LogP contribution is -2.30. The lowest BCUT2D eigenvalue weighted by Gasteiger charge is -2.18. The number of esters is 3. The molecule has 0 spiro atoms. The molecule has 0 aliphatic rings. The summed E-state index contributed by atoms with van der Waals surface area (Å²) in [5.74, 6) is -1.04. The summed E-state index contributed by atoms with van der Waals surface area (Å²) in [5.41, 5.74) is 0. The molecule has 0 radical (unpaired) electrons. The number of unbranched alkanes of at least 4 members (excludes halogenated alkanes) is 16. The van der Waals surface area contributed by atoms with E-state index in [1.54, 1.807) is 0 Å². The van der Waals surface area contributed by atoms with Crippen molar-refractivity contribution in [3.05, 3.63) is 158 Å². The molecule has 68 heavy (non-hydrogen) atoms. The van der Waals surface area contributed by atoms with Crippen LogP contribution in [0, 0.1) is 0 Å². The Labute approximate surface area is 416 Å². The van der Waals surface area contributed by atoms with Crippen LogP contribution in [0.2, 0.25) is 0 Å². The first kappa shape index (κ1) is 63.0.